The monoisotopic (exact) mass is 490 g/mol. The molecule has 27 heavy (non-hydrogen) atoms. The van der Waals surface area contributed by atoms with Gasteiger partial charge in [0, 0.05) is 55.9 Å². The molecule has 4 N–H and O–H groups in total. The number of aliphatic hydroxyl groups is 1. The zero-order valence-electron chi connectivity index (χ0n) is 15.6. The molecule has 1 aliphatic heterocycles. The van der Waals surface area contributed by atoms with Gasteiger partial charge in [0.25, 0.3) is 0 Å². The second-order valence-electron chi connectivity index (χ2n) is 6.88. The van der Waals surface area contributed by atoms with Crippen molar-refractivity contribution < 1.29 is 14.2 Å². The number of nitrogens with zero attached hydrogens (tertiary/aromatic N) is 1. The lowest BCUT2D eigenvalue weighted by Crippen LogP contribution is -2.45. The van der Waals surface area contributed by atoms with Crippen LogP contribution in [0.5, 0.6) is 0 Å². The van der Waals surface area contributed by atoms with Gasteiger partial charge in [-0.05, 0) is 43.0 Å². The predicted octanol–water partition coefficient (Wildman–Crippen LogP) is 2.42. The highest BCUT2D eigenvalue weighted by molar-refractivity contribution is 14.0. The summed E-state index contributed by atoms with van der Waals surface area (Å²) in [4.78, 5) is 7.43. The van der Waals surface area contributed by atoms with Crippen LogP contribution in [0.2, 0.25) is 0 Å². The van der Waals surface area contributed by atoms with Gasteiger partial charge in [0.1, 0.15) is 5.82 Å². The molecular formula is C19H28FIN4O2. The number of rotatable bonds is 7. The largest absolute Gasteiger partial charge is 0.396 e. The molecule has 1 unspecified atom stereocenters. The van der Waals surface area contributed by atoms with E-state index in [0.29, 0.717) is 19.7 Å². The maximum atomic E-state index is 13.5. The van der Waals surface area contributed by atoms with Crippen molar-refractivity contribution in [3.8, 4) is 0 Å². The molecule has 0 spiro atoms. The van der Waals surface area contributed by atoms with Gasteiger partial charge in [-0.3, -0.25) is 4.99 Å². The van der Waals surface area contributed by atoms with Crippen molar-refractivity contribution in [2.75, 3.05) is 40.0 Å². The minimum absolute atomic E-state index is 0. The third-order valence-corrected chi connectivity index (χ3v) is 5.10. The van der Waals surface area contributed by atoms with Crippen LogP contribution >= 0.6 is 24.0 Å². The molecule has 0 amide bonds. The summed E-state index contributed by atoms with van der Waals surface area (Å²) in [6.45, 7) is 2.97. The first kappa shape index (κ1) is 21.9. The minimum Gasteiger partial charge on any atom is -0.396 e. The Morgan fingerprint density at radius 2 is 2.26 bits per heavy atom. The van der Waals surface area contributed by atoms with Crippen molar-refractivity contribution in [3.63, 3.8) is 0 Å². The molecule has 150 valence electrons. The number of aromatic amines is 1. The average molecular weight is 490 g/mol. The SMILES string of the molecule is CN=C(NCCc1c[nH]c2ccc(F)cc12)NCC1(CCO)CCOC1.I. The van der Waals surface area contributed by atoms with Gasteiger partial charge in [-0.25, -0.2) is 4.39 Å². The van der Waals surface area contributed by atoms with Gasteiger partial charge >= 0.3 is 0 Å². The number of aliphatic hydroxyl groups excluding tert-OH is 1. The molecule has 3 rings (SSSR count). The van der Waals surface area contributed by atoms with Crippen LogP contribution in [0, 0.1) is 11.2 Å². The van der Waals surface area contributed by atoms with E-state index in [1.807, 2.05) is 6.20 Å². The number of aromatic nitrogens is 1. The van der Waals surface area contributed by atoms with Crippen molar-refractivity contribution >= 4 is 40.8 Å². The summed E-state index contributed by atoms with van der Waals surface area (Å²) in [5.74, 6) is 0.497. The van der Waals surface area contributed by atoms with Crippen molar-refractivity contribution in [3.05, 3.63) is 35.8 Å². The molecule has 1 aromatic carbocycles. The van der Waals surface area contributed by atoms with E-state index in [9.17, 15) is 9.50 Å². The summed E-state index contributed by atoms with van der Waals surface area (Å²) in [5, 5.41) is 16.9. The molecule has 1 saturated heterocycles. The molecule has 8 heteroatoms. The molecule has 1 aromatic heterocycles. The van der Waals surface area contributed by atoms with Crippen molar-refractivity contribution in [2.45, 2.75) is 19.3 Å². The number of halogens is 2. The van der Waals surface area contributed by atoms with Gasteiger partial charge < -0.3 is 25.5 Å². The maximum Gasteiger partial charge on any atom is 0.191 e. The van der Waals surface area contributed by atoms with E-state index in [1.54, 1.807) is 19.2 Å². The minimum atomic E-state index is -0.225. The molecule has 0 bridgehead atoms. The summed E-state index contributed by atoms with van der Waals surface area (Å²) >= 11 is 0. The third-order valence-electron chi connectivity index (χ3n) is 5.10. The van der Waals surface area contributed by atoms with Crippen LogP contribution < -0.4 is 10.6 Å². The van der Waals surface area contributed by atoms with Gasteiger partial charge in [-0.1, -0.05) is 0 Å². The number of guanidine groups is 1. The molecule has 2 aromatic rings. The topological polar surface area (TPSA) is 81.7 Å². The van der Waals surface area contributed by atoms with Crippen molar-refractivity contribution in [1.29, 1.82) is 0 Å². The van der Waals surface area contributed by atoms with E-state index in [0.717, 1.165) is 48.3 Å². The highest BCUT2D eigenvalue weighted by atomic mass is 127. The lowest BCUT2D eigenvalue weighted by atomic mass is 9.84. The van der Waals surface area contributed by atoms with Crippen molar-refractivity contribution in [2.24, 2.45) is 10.4 Å². The number of ether oxygens (including phenoxy) is 1. The zero-order valence-corrected chi connectivity index (χ0v) is 17.9. The number of aliphatic imine (C=N–C) groups is 1. The Kier molecular flexibility index (Phi) is 8.30. The second-order valence-corrected chi connectivity index (χ2v) is 6.88. The molecule has 2 heterocycles. The van der Waals surface area contributed by atoms with Crippen LogP contribution in [0.3, 0.4) is 0 Å². The lowest BCUT2D eigenvalue weighted by molar-refractivity contribution is 0.127. The summed E-state index contributed by atoms with van der Waals surface area (Å²) in [7, 11) is 1.74. The van der Waals surface area contributed by atoms with E-state index < -0.39 is 0 Å². The summed E-state index contributed by atoms with van der Waals surface area (Å²) in [6, 6.07) is 4.78. The Labute approximate surface area is 176 Å². The highest BCUT2D eigenvalue weighted by Gasteiger charge is 2.34. The third kappa shape index (κ3) is 5.55. The molecule has 1 fully saturated rings. The average Bonchev–Trinajstić information content (AvgIpc) is 3.26. The van der Waals surface area contributed by atoms with E-state index >= 15 is 0 Å². The van der Waals surface area contributed by atoms with Crippen LogP contribution in [-0.4, -0.2) is 56.0 Å². The molecular weight excluding hydrogens is 462 g/mol. The van der Waals surface area contributed by atoms with Gasteiger partial charge in [-0.2, -0.15) is 0 Å². The van der Waals surface area contributed by atoms with E-state index in [-0.39, 0.29) is 41.8 Å². The number of benzene rings is 1. The van der Waals surface area contributed by atoms with Gasteiger partial charge in [0.2, 0.25) is 0 Å². The molecule has 1 aliphatic rings. The fraction of sp³-hybridized carbons (Fsp3) is 0.526. The Morgan fingerprint density at radius 3 is 2.96 bits per heavy atom. The molecule has 6 nitrogen and oxygen atoms in total. The number of hydrogen-bond acceptors (Lipinski definition) is 3. The summed E-state index contributed by atoms with van der Waals surface area (Å²) < 4.78 is 19.0. The number of nitrogens with one attached hydrogen (secondary N) is 3. The van der Waals surface area contributed by atoms with E-state index in [4.69, 9.17) is 4.74 Å². The van der Waals surface area contributed by atoms with Crippen LogP contribution in [0.4, 0.5) is 4.39 Å². The smallest absolute Gasteiger partial charge is 0.191 e. The molecule has 0 radical (unpaired) electrons. The lowest BCUT2D eigenvalue weighted by Gasteiger charge is -2.27. The maximum absolute atomic E-state index is 13.5. The predicted molar refractivity (Wildman–Crippen MR) is 116 cm³/mol. The highest BCUT2D eigenvalue weighted by Crippen LogP contribution is 2.31. The van der Waals surface area contributed by atoms with Crippen LogP contribution in [0.15, 0.2) is 29.4 Å². The number of fused-ring (bicyclic) bond motifs is 1. The second kappa shape index (κ2) is 10.2. The molecule has 0 aliphatic carbocycles. The number of hydrogen-bond donors (Lipinski definition) is 4. The summed E-state index contributed by atoms with van der Waals surface area (Å²) in [6.07, 6.45) is 4.35. The first-order valence-corrected chi connectivity index (χ1v) is 9.04. The Hall–Kier alpha value is -1.39. The molecule has 0 saturated carbocycles. The van der Waals surface area contributed by atoms with Gasteiger partial charge in [0.05, 0.1) is 6.61 Å². The van der Waals surface area contributed by atoms with Crippen LogP contribution in [0.25, 0.3) is 10.9 Å². The first-order valence-electron chi connectivity index (χ1n) is 9.04. The van der Waals surface area contributed by atoms with Gasteiger partial charge in [-0.15, -0.1) is 24.0 Å². The van der Waals surface area contributed by atoms with E-state index in [2.05, 4.69) is 20.6 Å². The Balaban J connectivity index is 0.00000261. The normalized spacial score (nSPS) is 19.9. The summed E-state index contributed by atoms with van der Waals surface area (Å²) in [5.41, 5.74) is 1.99. The van der Waals surface area contributed by atoms with E-state index in [1.165, 1.54) is 6.07 Å². The van der Waals surface area contributed by atoms with Crippen LogP contribution in [0.1, 0.15) is 18.4 Å². The fourth-order valence-electron chi connectivity index (χ4n) is 3.48. The quantitative estimate of drug-likeness (QED) is 0.273. The van der Waals surface area contributed by atoms with Crippen molar-refractivity contribution in [1.82, 2.24) is 15.6 Å². The number of H-pyrrole nitrogens is 1. The molecule has 1 atom stereocenters. The zero-order chi connectivity index (χ0) is 18.4. The Morgan fingerprint density at radius 1 is 1.41 bits per heavy atom. The Bertz CT molecular complexity index is 759. The van der Waals surface area contributed by atoms with Gasteiger partial charge in [0.15, 0.2) is 5.96 Å². The first-order chi connectivity index (χ1) is 12.7. The fourth-order valence-corrected chi connectivity index (χ4v) is 3.48. The van der Waals surface area contributed by atoms with Crippen LogP contribution in [-0.2, 0) is 11.2 Å². The standard InChI is InChI=1S/C19H27FN4O2.HI/c1-21-18(24-12-19(5-8-25)6-9-26-13-19)22-7-4-14-11-23-17-3-2-15(20)10-16(14)17;/h2-3,10-11,23,25H,4-9,12-13H2,1H3,(H2,21,22,24);1H.